The van der Waals surface area contributed by atoms with E-state index in [1.165, 1.54) is 11.1 Å². The van der Waals surface area contributed by atoms with Gasteiger partial charge in [0.1, 0.15) is 0 Å². The minimum atomic E-state index is -1.51. The number of halogens is 2. The van der Waals surface area contributed by atoms with Crippen molar-refractivity contribution < 1.29 is 20.8 Å². The Bertz CT molecular complexity index is 500. The third kappa shape index (κ3) is 5.09. The summed E-state index contributed by atoms with van der Waals surface area (Å²) in [7, 11) is 0. The topological polar surface area (TPSA) is 9.23 Å². The Hall–Kier alpha value is 0.0112. The molecule has 0 atom stereocenters. The third-order valence-electron chi connectivity index (χ3n) is 3.20. The molecule has 1 nitrogen and oxygen atoms in total. The summed E-state index contributed by atoms with van der Waals surface area (Å²) in [5.41, 5.74) is 2.75. The molecule has 0 aliphatic heterocycles. The van der Waals surface area contributed by atoms with Crippen LogP contribution in [0.3, 0.4) is 0 Å². The van der Waals surface area contributed by atoms with E-state index in [1.54, 1.807) is 3.88 Å². The maximum absolute atomic E-state index is 6.44. The van der Waals surface area contributed by atoms with Gasteiger partial charge < -0.3 is 0 Å². The molecule has 0 aromatic heterocycles. The van der Waals surface area contributed by atoms with Gasteiger partial charge in [-0.2, -0.15) is 0 Å². The Kier molecular flexibility index (Phi) is 9.12. The summed E-state index contributed by atoms with van der Waals surface area (Å²) >= 11 is -1.51. The predicted octanol–water partition coefficient (Wildman–Crippen LogP) is 4.97. The number of allylic oxidation sites excluding steroid dienone is 4. The molecular formula is C15H23Cl2OSiTi. The van der Waals surface area contributed by atoms with Gasteiger partial charge in [-0.15, -0.1) is 24.8 Å². The molecule has 0 heterocycles. The number of aryl methyl sites for hydroxylation is 1. The second kappa shape index (κ2) is 9.12. The Morgan fingerprint density at radius 1 is 1.15 bits per heavy atom. The molecule has 0 radical (unpaired) electrons. The third-order valence-corrected chi connectivity index (χ3v) is 13.7. The molecule has 1 aromatic rings. The molecule has 1 aromatic carbocycles. The van der Waals surface area contributed by atoms with Crippen LogP contribution in [0.25, 0.3) is 0 Å². The first-order chi connectivity index (χ1) is 8.58. The summed E-state index contributed by atoms with van der Waals surface area (Å²) in [6, 6.07) is 8.49. The van der Waals surface area contributed by atoms with E-state index in [1.807, 2.05) is 0 Å². The van der Waals surface area contributed by atoms with E-state index in [0.717, 1.165) is 12.2 Å². The molecule has 5 heteroatoms. The molecule has 0 N–H and O–H groups in total. The fourth-order valence-corrected chi connectivity index (χ4v) is 11.6. The first-order valence-electron chi connectivity index (χ1n) is 6.56. The molecule has 0 amide bonds. The van der Waals surface area contributed by atoms with Crippen molar-refractivity contribution in [1.82, 2.24) is 0 Å². The van der Waals surface area contributed by atoms with Gasteiger partial charge in [-0.3, -0.25) is 0 Å². The van der Waals surface area contributed by atoms with Gasteiger partial charge in [-0.1, -0.05) is 0 Å². The van der Waals surface area contributed by atoms with Crippen LogP contribution in [-0.2, 0) is 17.5 Å². The van der Waals surface area contributed by atoms with E-state index in [2.05, 4.69) is 63.4 Å². The van der Waals surface area contributed by atoms with Crippen LogP contribution >= 0.6 is 24.8 Å². The quantitative estimate of drug-likeness (QED) is 0.684. The molecule has 2 rings (SSSR count). The average Bonchev–Trinajstić information content (AvgIpc) is 2.72. The molecule has 1 aliphatic carbocycles. The minimum Gasteiger partial charge on any atom is -0.147 e. The van der Waals surface area contributed by atoms with Crippen molar-refractivity contribution in [3.05, 3.63) is 51.4 Å². The zero-order valence-corrected chi connectivity index (χ0v) is 16.8. The molecule has 111 valence electrons. The van der Waals surface area contributed by atoms with E-state index in [4.69, 9.17) is 3.32 Å². The van der Waals surface area contributed by atoms with Crippen LogP contribution in [-0.4, -0.2) is 6.66 Å². The Balaban J connectivity index is 0.00000180. The van der Waals surface area contributed by atoms with Crippen molar-refractivity contribution in [3.8, 4) is 5.75 Å². The molecule has 0 bridgehead atoms. The van der Waals surface area contributed by atoms with Gasteiger partial charge in [0.2, 0.25) is 0 Å². The summed E-state index contributed by atoms with van der Waals surface area (Å²) in [5.74, 6) is 1.08. The van der Waals surface area contributed by atoms with Crippen molar-refractivity contribution >= 4 is 31.5 Å². The van der Waals surface area contributed by atoms with Crippen molar-refractivity contribution in [3.63, 3.8) is 0 Å². The summed E-state index contributed by atoms with van der Waals surface area (Å²) in [6.45, 7) is 8.52. The van der Waals surface area contributed by atoms with Crippen molar-refractivity contribution in [2.45, 2.75) is 33.4 Å². The smallest absolute Gasteiger partial charge is 0.147 e. The van der Waals surface area contributed by atoms with E-state index >= 15 is 0 Å². The molecule has 0 spiro atoms. The first-order valence-corrected chi connectivity index (χ1v) is 13.6. The Morgan fingerprint density at radius 2 is 1.85 bits per heavy atom. The monoisotopic (exact) mass is 365 g/mol. The van der Waals surface area contributed by atoms with Gasteiger partial charge >= 0.3 is 118 Å². The van der Waals surface area contributed by atoms with Gasteiger partial charge in [0.15, 0.2) is 0 Å². The fraction of sp³-hybridized carbons (Fsp3) is 0.333. The number of hydrogen-bond donors (Lipinski definition) is 0. The maximum atomic E-state index is 6.44. The first kappa shape index (κ1) is 20.0. The number of rotatable bonds is 4. The summed E-state index contributed by atoms with van der Waals surface area (Å²) < 4.78 is 8.09. The zero-order valence-electron chi connectivity index (χ0n) is 12.5. The van der Waals surface area contributed by atoms with E-state index in [-0.39, 0.29) is 24.8 Å². The average molecular weight is 366 g/mol. The molecule has 0 unspecified atom stereocenters. The fourth-order valence-electron chi connectivity index (χ4n) is 2.24. The van der Waals surface area contributed by atoms with Crippen LogP contribution in [0.15, 0.2) is 45.9 Å². The summed E-state index contributed by atoms with van der Waals surface area (Å²) in [4.78, 5) is 0. The van der Waals surface area contributed by atoms with Crippen LogP contribution in [0.1, 0.15) is 18.9 Å². The van der Waals surface area contributed by atoms with Crippen LogP contribution in [0, 0.1) is 6.92 Å². The van der Waals surface area contributed by atoms with Crippen molar-refractivity contribution in [1.29, 1.82) is 0 Å². The van der Waals surface area contributed by atoms with E-state index in [0.29, 0.717) is 0 Å². The normalized spacial score (nSPS) is 13.1. The van der Waals surface area contributed by atoms with Crippen molar-refractivity contribution in [2.24, 2.45) is 0 Å². The van der Waals surface area contributed by atoms with Gasteiger partial charge in [0, 0.05) is 0 Å². The number of hydrogen-bond acceptors (Lipinski definition) is 1. The molecule has 0 saturated heterocycles. The van der Waals surface area contributed by atoms with Crippen LogP contribution in [0.4, 0.5) is 0 Å². The van der Waals surface area contributed by atoms with E-state index < -0.39 is 24.2 Å². The number of benzene rings is 1. The largest absolute Gasteiger partial charge is 0.147 e. The van der Waals surface area contributed by atoms with Gasteiger partial charge in [0.25, 0.3) is 0 Å². The SMILES string of the molecule is CC1=[C]([Ti]([O]c2cccc(C)c2)[SiH](C)C)CC=C1.Cl.Cl. The summed E-state index contributed by atoms with van der Waals surface area (Å²) in [6.07, 6.45) is 5.69. The maximum Gasteiger partial charge on any atom is -0.147 e. The molecule has 20 heavy (non-hydrogen) atoms. The molecule has 1 aliphatic rings. The van der Waals surface area contributed by atoms with Crippen LogP contribution in [0.2, 0.25) is 13.1 Å². The minimum absolute atomic E-state index is 0. The van der Waals surface area contributed by atoms with Gasteiger partial charge in [0.05, 0.1) is 0 Å². The molecular weight excluding hydrogens is 343 g/mol. The molecule has 0 saturated carbocycles. The predicted molar refractivity (Wildman–Crippen MR) is 91.6 cm³/mol. The molecule has 0 fully saturated rings. The second-order valence-electron chi connectivity index (χ2n) is 5.21. The standard InChI is InChI=1S/C7H8O.C6H7.C2H7Si.2ClH.Ti/c1-6-3-2-4-7(8)5-6;1-6-4-2-3-5-6;1-3-2;;;/h2-5,8H,1H3;2,4H,3H2,1H3;3H,1-2H3;2*1H;/q;;;;;+1/p-1. The van der Waals surface area contributed by atoms with Crippen molar-refractivity contribution in [2.75, 3.05) is 0 Å². The Morgan fingerprint density at radius 3 is 2.35 bits per heavy atom. The van der Waals surface area contributed by atoms with Gasteiger partial charge in [-0.25, -0.2) is 0 Å². The van der Waals surface area contributed by atoms with Crippen LogP contribution < -0.4 is 3.32 Å². The second-order valence-corrected chi connectivity index (χ2v) is 17.5. The van der Waals surface area contributed by atoms with E-state index in [9.17, 15) is 0 Å². The van der Waals surface area contributed by atoms with Crippen LogP contribution in [0.5, 0.6) is 5.75 Å². The Labute approximate surface area is 142 Å². The summed E-state index contributed by atoms with van der Waals surface area (Å²) in [5, 5.41) is 0. The van der Waals surface area contributed by atoms with Gasteiger partial charge in [-0.05, 0) is 0 Å². The zero-order chi connectivity index (χ0) is 13.1.